The molecule has 1 saturated heterocycles. The summed E-state index contributed by atoms with van der Waals surface area (Å²) in [5.41, 5.74) is 2.52. The summed E-state index contributed by atoms with van der Waals surface area (Å²) in [7, 11) is 0. The molecule has 62 valence electrons. The van der Waals surface area contributed by atoms with Gasteiger partial charge in [-0.15, -0.1) is 0 Å². The van der Waals surface area contributed by atoms with E-state index in [4.69, 9.17) is 0 Å². The summed E-state index contributed by atoms with van der Waals surface area (Å²) < 4.78 is 12.8. The summed E-state index contributed by atoms with van der Waals surface area (Å²) in [6, 6.07) is 5.68. The van der Waals surface area contributed by atoms with Gasteiger partial charge in [-0.2, -0.15) is 0 Å². The van der Waals surface area contributed by atoms with Crippen LogP contribution in [0.5, 0.6) is 0 Å². The van der Waals surface area contributed by atoms with Crippen molar-refractivity contribution in [3.8, 4) is 0 Å². The molecule has 2 atom stereocenters. The number of rotatable bonds is 0. The molecule has 1 aromatic carbocycles. The average Bonchev–Trinajstić information content (AvgIpc) is 2.24. The van der Waals surface area contributed by atoms with Crippen molar-refractivity contribution in [2.75, 3.05) is 6.54 Å². The highest BCUT2D eigenvalue weighted by Crippen LogP contribution is 2.41. The number of benzene rings is 1. The van der Waals surface area contributed by atoms with E-state index >= 15 is 0 Å². The minimum absolute atomic E-state index is 0.102. The van der Waals surface area contributed by atoms with Crippen LogP contribution in [0.25, 0.3) is 0 Å². The van der Waals surface area contributed by atoms with E-state index in [9.17, 15) is 4.39 Å². The molecule has 0 radical (unpaired) electrons. The lowest BCUT2D eigenvalue weighted by Gasteiger charge is -2.32. The van der Waals surface area contributed by atoms with Gasteiger partial charge in [0.2, 0.25) is 0 Å². The van der Waals surface area contributed by atoms with E-state index in [0.29, 0.717) is 6.04 Å². The number of hydrogen-bond donors (Lipinski definition) is 1. The first-order chi connectivity index (χ1) is 5.84. The van der Waals surface area contributed by atoms with Crippen molar-refractivity contribution in [2.45, 2.75) is 12.5 Å². The standard InChI is InChI=1S/C10H10FN/c11-8-1-2-9-6(4-8)3-7-5-12-10(7)9/h1-2,4,7,10,12H,3,5H2. The minimum atomic E-state index is -0.102. The van der Waals surface area contributed by atoms with Crippen molar-refractivity contribution in [3.63, 3.8) is 0 Å². The van der Waals surface area contributed by atoms with Gasteiger partial charge in [0.1, 0.15) is 5.82 Å². The lowest BCUT2D eigenvalue weighted by atomic mass is 9.93. The first-order valence-corrected chi connectivity index (χ1v) is 4.36. The molecule has 0 spiro atoms. The van der Waals surface area contributed by atoms with E-state index in [0.717, 1.165) is 18.9 Å². The van der Waals surface area contributed by atoms with Crippen molar-refractivity contribution in [1.29, 1.82) is 0 Å². The van der Waals surface area contributed by atoms with Crippen LogP contribution in [-0.2, 0) is 6.42 Å². The molecule has 0 aromatic heterocycles. The third kappa shape index (κ3) is 0.707. The van der Waals surface area contributed by atoms with Gasteiger partial charge in [0, 0.05) is 12.6 Å². The molecule has 1 aliphatic heterocycles. The third-order valence-corrected chi connectivity index (χ3v) is 2.99. The molecule has 3 rings (SSSR count). The highest BCUT2D eigenvalue weighted by molar-refractivity contribution is 5.38. The highest BCUT2D eigenvalue weighted by atomic mass is 19.1. The highest BCUT2D eigenvalue weighted by Gasteiger charge is 2.38. The Bertz CT molecular complexity index is 335. The van der Waals surface area contributed by atoms with Gasteiger partial charge in [0.25, 0.3) is 0 Å². The molecule has 1 nitrogen and oxygen atoms in total. The van der Waals surface area contributed by atoms with Crippen LogP contribution in [0.1, 0.15) is 17.2 Å². The zero-order valence-corrected chi connectivity index (χ0v) is 6.68. The molecule has 1 heterocycles. The van der Waals surface area contributed by atoms with Crippen LogP contribution in [-0.4, -0.2) is 6.54 Å². The SMILES string of the molecule is Fc1ccc2c(c1)CC1CNC21. The fourth-order valence-electron chi connectivity index (χ4n) is 2.29. The molecule has 1 fully saturated rings. The molecular formula is C10H10FN. The molecule has 2 aliphatic rings. The number of halogens is 1. The van der Waals surface area contributed by atoms with Crippen LogP contribution in [0, 0.1) is 11.7 Å². The van der Waals surface area contributed by atoms with Crippen molar-refractivity contribution >= 4 is 0 Å². The van der Waals surface area contributed by atoms with Gasteiger partial charge in [-0.25, -0.2) is 4.39 Å². The normalized spacial score (nSPS) is 30.8. The maximum atomic E-state index is 12.8. The summed E-state index contributed by atoms with van der Waals surface area (Å²) in [4.78, 5) is 0. The summed E-state index contributed by atoms with van der Waals surface area (Å²) in [5.74, 6) is 0.636. The summed E-state index contributed by atoms with van der Waals surface area (Å²) >= 11 is 0. The van der Waals surface area contributed by atoms with Crippen LogP contribution in [0.3, 0.4) is 0 Å². The second-order valence-corrected chi connectivity index (χ2v) is 3.69. The lowest BCUT2D eigenvalue weighted by Crippen LogP contribution is -2.43. The number of fused-ring (bicyclic) bond motifs is 3. The van der Waals surface area contributed by atoms with Crippen LogP contribution >= 0.6 is 0 Å². The van der Waals surface area contributed by atoms with Crippen molar-refractivity contribution in [1.82, 2.24) is 5.32 Å². The Labute approximate surface area is 70.6 Å². The molecule has 0 amide bonds. The van der Waals surface area contributed by atoms with E-state index in [1.54, 1.807) is 12.1 Å². The smallest absolute Gasteiger partial charge is 0.123 e. The average molecular weight is 163 g/mol. The summed E-state index contributed by atoms with van der Waals surface area (Å²) in [6.07, 6.45) is 1.06. The van der Waals surface area contributed by atoms with E-state index < -0.39 is 0 Å². The van der Waals surface area contributed by atoms with Crippen LogP contribution in [0.2, 0.25) is 0 Å². The van der Waals surface area contributed by atoms with E-state index in [1.165, 1.54) is 11.1 Å². The van der Waals surface area contributed by atoms with E-state index in [1.807, 2.05) is 6.07 Å². The van der Waals surface area contributed by atoms with Gasteiger partial charge < -0.3 is 5.32 Å². The molecular weight excluding hydrogens is 153 g/mol. The molecule has 1 aliphatic carbocycles. The summed E-state index contributed by atoms with van der Waals surface area (Å²) in [5, 5.41) is 3.36. The zero-order valence-electron chi connectivity index (χ0n) is 6.68. The number of hydrogen-bond acceptors (Lipinski definition) is 1. The Hall–Kier alpha value is -0.890. The molecule has 2 heteroatoms. The van der Waals surface area contributed by atoms with E-state index in [2.05, 4.69) is 5.32 Å². The van der Waals surface area contributed by atoms with Crippen molar-refractivity contribution in [3.05, 3.63) is 35.1 Å². The molecule has 2 unspecified atom stereocenters. The van der Waals surface area contributed by atoms with Crippen LogP contribution in [0.4, 0.5) is 4.39 Å². The Kier molecular flexibility index (Phi) is 1.14. The van der Waals surface area contributed by atoms with Crippen LogP contribution in [0.15, 0.2) is 18.2 Å². The predicted molar refractivity (Wildman–Crippen MR) is 44.3 cm³/mol. The van der Waals surface area contributed by atoms with Crippen molar-refractivity contribution in [2.24, 2.45) is 5.92 Å². The Balaban J connectivity index is 2.12. The van der Waals surface area contributed by atoms with Gasteiger partial charge in [-0.3, -0.25) is 0 Å². The summed E-state index contributed by atoms with van der Waals surface area (Å²) in [6.45, 7) is 1.10. The topological polar surface area (TPSA) is 12.0 Å². The molecule has 0 saturated carbocycles. The molecule has 1 N–H and O–H groups in total. The largest absolute Gasteiger partial charge is 0.309 e. The second kappa shape index (κ2) is 2.07. The Morgan fingerprint density at radius 1 is 1.42 bits per heavy atom. The quantitative estimate of drug-likeness (QED) is 0.613. The monoisotopic (exact) mass is 163 g/mol. The lowest BCUT2D eigenvalue weighted by molar-refractivity contribution is 0.260. The van der Waals surface area contributed by atoms with Gasteiger partial charge >= 0.3 is 0 Å². The minimum Gasteiger partial charge on any atom is -0.309 e. The maximum Gasteiger partial charge on any atom is 0.123 e. The Morgan fingerprint density at radius 3 is 3.08 bits per heavy atom. The van der Waals surface area contributed by atoms with Gasteiger partial charge in [-0.05, 0) is 35.6 Å². The van der Waals surface area contributed by atoms with Crippen molar-refractivity contribution < 1.29 is 4.39 Å². The Morgan fingerprint density at radius 2 is 2.33 bits per heavy atom. The number of nitrogens with one attached hydrogen (secondary N) is 1. The third-order valence-electron chi connectivity index (χ3n) is 2.99. The first-order valence-electron chi connectivity index (χ1n) is 4.36. The fraction of sp³-hybridized carbons (Fsp3) is 0.400. The van der Waals surface area contributed by atoms with E-state index in [-0.39, 0.29) is 5.82 Å². The predicted octanol–water partition coefficient (Wildman–Crippen LogP) is 1.64. The van der Waals surface area contributed by atoms with Crippen LogP contribution < -0.4 is 5.32 Å². The molecule has 0 bridgehead atoms. The zero-order chi connectivity index (χ0) is 8.13. The van der Waals surface area contributed by atoms with Gasteiger partial charge in [0.05, 0.1) is 0 Å². The van der Waals surface area contributed by atoms with Gasteiger partial charge in [-0.1, -0.05) is 6.07 Å². The molecule has 1 aromatic rings. The first kappa shape index (κ1) is 6.61. The fourth-order valence-corrected chi connectivity index (χ4v) is 2.29. The second-order valence-electron chi connectivity index (χ2n) is 3.69. The maximum absolute atomic E-state index is 12.8. The van der Waals surface area contributed by atoms with Gasteiger partial charge in [0.15, 0.2) is 0 Å². The molecule has 12 heavy (non-hydrogen) atoms.